The van der Waals surface area contributed by atoms with Crippen molar-refractivity contribution in [3.8, 4) is 0 Å². The van der Waals surface area contributed by atoms with Crippen molar-refractivity contribution in [3.63, 3.8) is 0 Å². The first-order valence-corrected chi connectivity index (χ1v) is 5.26. The number of hydrogen-bond acceptors (Lipinski definition) is 6. The van der Waals surface area contributed by atoms with Gasteiger partial charge in [0.1, 0.15) is 6.54 Å². The van der Waals surface area contributed by atoms with Gasteiger partial charge in [-0.2, -0.15) is 5.21 Å². The third-order valence-electron chi connectivity index (χ3n) is 2.03. The van der Waals surface area contributed by atoms with Crippen LogP contribution < -0.4 is 0 Å². The van der Waals surface area contributed by atoms with Crippen LogP contribution in [-0.2, 0) is 9.53 Å². The molecule has 0 fully saturated rings. The average molecular weight is 241 g/mol. The number of amides is 1. The number of aromatic nitrogens is 4. The average Bonchev–Trinajstić information content (AvgIpc) is 2.78. The lowest BCUT2D eigenvalue weighted by Crippen LogP contribution is -2.41. The molecule has 1 N–H and O–H groups in total. The first-order valence-electron chi connectivity index (χ1n) is 5.26. The smallest absolute Gasteiger partial charge is 0.325 e. The maximum absolute atomic E-state index is 11.9. The SMILES string of the molecule is CCOC(=O)CN(C(=O)c1nn[nH]n1)C(C)C. The molecule has 0 bridgehead atoms. The molecule has 0 saturated carbocycles. The van der Waals surface area contributed by atoms with Crippen molar-refractivity contribution >= 4 is 11.9 Å². The molecule has 94 valence electrons. The summed E-state index contributed by atoms with van der Waals surface area (Å²) in [7, 11) is 0. The summed E-state index contributed by atoms with van der Waals surface area (Å²) in [6, 6.07) is -0.162. The van der Waals surface area contributed by atoms with E-state index < -0.39 is 11.9 Å². The molecule has 1 heterocycles. The maximum Gasteiger partial charge on any atom is 0.325 e. The van der Waals surface area contributed by atoms with E-state index in [-0.39, 0.29) is 25.0 Å². The van der Waals surface area contributed by atoms with Crippen LogP contribution in [-0.4, -0.2) is 56.6 Å². The predicted octanol–water partition coefficient (Wildman–Crippen LogP) is -0.387. The van der Waals surface area contributed by atoms with E-state index in [4.69, 9.17) is 4.74 Å². The number of hydrogen-bond donors (Lipinski definition) is 1. The van der Waals surface area contributed by atoms with Crippen LogP contribution in [0.4, 0.5) is 0 Å². The summed E-state index contributed by atoms with van der Waals surface area (Å²) >= 11 is 0. The van der Waals surface area contributed by atoms with E-state index in [1.165, 1.54) is 4.90 Å². The van der Waals surface area contributed by atoms with Crippen molar-refractivity contribution in [3.05, 3.63) is 5.82 Å². The van der Waals surface area contributed by atoms with Crippen LogP contribution in [0.5, 0.6) is 0 Å². The highest BCUT2D eigenvalue weighted by Gasteiger charge is 2.24. The van der Waals surface area contributed by atoms with Crippen LogP contribution in [0.3, 0.4) is 0 Å². The molecule has 1 rings (SSSR count). The molecule has 0 spiro atoms. The van der Waals surface area contributed by atoms with Gasteiger partial charge in [0.25, 0.3) is 11.7 Å². The highest BCUT2D eigenvalue weighted by molar-refractivity contribution is 5.92. The second-order valence-corrected chi connectivity index (χ2v) is 3.57. The van der Waals surface area contributed by atoms with Gasteiger partial charge >= 0.3 is 5.97 Å². The fourth-order valence-corrected chi connectivity index (χ4v) is 1.22. The van der Waals surface area contributed by atoms with Crippen LogP contribution in [0.1, 0.15) is 31.4 Å². The van der Waals surface area contributed by atoms with Crippen molar-refractivity contribution in [2.24, 2.45) is 0 Å². The summed E-state index contributed by atoms with van der Waals surface area (Å²) < 4.78 is 4.79. The fraction of sp³-hybridized carbons (Fsp3) is 0.667. The van der Waals surface area contributed by atoms with Gasteiger partial charge in [0, 0.05) is 6.04 Å². The number of H-pyrrole nitrogens is 1. The summed E-state index contributed by atoms with van der Waals surface area (Å²) in [6.45, 7) is 5.44. The molecule has 0 radical (unpaired) electrons. The van der Waals surface area contributed by atoms with E-state index in [9.17, 15) is 9.59 Å². The van der Waals surface area contributed by atoms with Gasteiger partial charge in [-0.15, -0.1) is 10.2 Å². The number of rotatable bonds is 5. The molecule has 0 saturated heterocycles. The number of nitrogens with one attached hydrogen (secondary N) is 1. The maximum atomic E-state index is 11.9. The first kappa shape index (κ1) is 13.1. The van der Waals surface area contributed by atoms with Crippen molar-refractivity contribution in [1.82, 2.24) is 25.5 Å². The van der Waals surface area contributed by atoms with Crippen molar-refractivity contribution < 1.29 is 14.3 Å². The van der Waals surface area contributed by atoms with Crippen LogP contribution in [0.15, 0.2) is 0 Å². The van der Waals surface area contributed by atoms with E-state index in [0.29, 0.717) is 0 Å². The van der Waals surface area contributed by atoms with Crippen molar-refractivity contribution in [1.29, 1.82) is 0 Å². The molecule has 0 atom stereocenters. The van der Waals surface area contributed by atoms with Crippen LogP contribution in [0.25, 0.3) is 0 Å². The molecule has 0 aromatic carbocycles. The Morgan fingerprint density at radius 2 is 2.18 bits per heavy atom. The summed E-state index contributed by atoms with van der Waals surface area (Å²) in [4.78, 5) is 24.6. The van der Waals surface area contributed by atoms with E-state index in [0.717, 1.165) is 0 Å². The Hall–Kier alpha value is -1.99. The van der Waals surface area contributed by atoms with Gasteiger partial charge in [-0.1, -0.05) is 0 Å². The number of carbonyl (C=O) groups excluding carboxylic acids is 2. The number of aromatic amines is 1. The Kier molecular flexibility index (Phi) is 4.56. The molecule has 0 aliphatic rings. The van der Waals surface area contributed by atoms with Gasteiger partial charge in [0.2, 0.25) is 0 Å². The predicted molar refractivity (Wildman–Crippen MR) is 57.0 cm³/mol. The zero-order chi connectivity index (χ0) is 12.8. The largest absolute Gasteiger partial charge is 0.465 e. The molecule has 1 aromatic heterocycles. The van der Waals surface area contributed by atoms with Gasteiger partial charge in [0.05, 0.1) is 6.61 Å². The zero-order valence-electron chi connectivity index (χ0n) is 10.0. The number of nitrogens with zero attached hydrogens (tertiary/aromatic N) is 4. The van der Waals surface area contributed by atoms with Gasteiger partial charge in [-0.05, 0) is 26.0 Å². The molecule has 0 aliphatic heterocycles. The lowest BCUT2D eigenvalue weighted by Gasteiger charge is -2.23. The molecule has 0 unspecified atom stereocenters. The summed E-state index contributed by atoms with van der Waals surface area (Å²) in [6.07, 6.45) is 0. The second kappa shape index (κ2) is 5.92. The minimum absolute atomic E-state index is 0.0667. The number of esters is 1. The number of tetrazole rings is 1. The number of ether oxygens (including phenoxy) is 1. The zero-order valence-corrected chi connectivity index (χ0v) is 10.0. The van der Waals surface area contributed by atoms with Crippen LogP contribution in [0.2, 0.25) is 0 Å². The Labute approximate surface area is 98.3 Å². The Morgan fingerprint density at radius 1 is 1.47 bits per heavy atom. The third-order valence-corrected chi connectivity index (χ3v) is 2.03. The van der Waals surface area contributed by atoms with Crippen LogP contribution >= 0.6 is 0 Å². The molecule has 1 amide bonds. The van der Waals surface area contributed by atoms with Crippen LogP contribution in [0, 0.1) is 0 Å². The lowest BCUT2D eigenvalue weighted by atomic mass is 10.3. The Morgan fingerprint density at radius 3 is 2.65 bits per heavy atom. The minimum atomic E-state index is -0.460. The molecule has 1 aromatic rings. The van der Waals surface area contributed by atoms with Gasteiger partial charge < -0.3 is 9.64 Å². The van der Waals surface area contributed by atoms with Gasteiger partial charge in [0.15, 0.2) is 0 Å². The molecular formula is C9H15N5O3. The third kappa shape index (κ3) is 3.51. The van der Waals surface area contributed by atoms with Crippen molar-refractivity contribution in [2.45, 2.75) is 26.8 Å². The molecule has 8 nitrogen and oxygen atoms in total. The molecule has 8 heteroatoms. The highest BCUT2D eigenvalue weighted by atomic mass is 16.5. The minimum Gasteiger partial charge on any atom is -0.465 e. The standard InChI is InChI=1S/C9H15N5O3/c1-4-17-7(15)5-14(6(2)3)9(16)8-10-12-13-11-8/h6H,4-5H2,1-3H3,(H,10,11,12,13). The Bertz CT molecular complexity index is 376. The van der Waals surface area contributed by atoms with E-state index in [1.54, 1.807) is 20.8 Å². The molecular weight excluding hydrogens is 226 g/mol. The molecule has 17 heavy (non-hydrogen) atoms. The molecule has 0 aliphatic carbocycles. The van der Waals surface area contributed by atoms with Gasteiger partial charge in [-0.25, -0.2) is 0 Å². The quantitative estimate of drug-likeness (QED) is 0.705. The number of carbonyl (C=O) groups is 2. The summed E-state index contributed by atoms with van der Waals surface area (Å²) in [5.41, 5.74) is 0. The second-order valence-electron chi connectivity index (χ2n) is 3.57. The normalized spacial score (nSPS) is 10.4. The van der Waals surface area contributed by atoms with Crippen molar-refractivity contribution in [2.75, 3.05) is 13.2 Å². The fourth-order valence-electron chi connectivity index (χ4n) is 1.22. The summed E-state index contributed by atoms with van der Waals surface area (Å²) in [5, 5.41) is 12.7. The lowest BCUT2D eigenvalue weighted by molar-refractivity contribution is -0.144. The topological polar surface area (TPSA) is 101 Å². The van der Waals surface area contributed by atoms with Gasteiger partial charge in [-0.3, -0.25) is 9.59 Å². The highest BCUT2D eigenvalue weighted by Crippen LogP contribution is 2.03. The van der Waals surface area contributed by atoms with E-state index in [2.05, 4.69) is 20.6 Å². The van der Waals surface area contributed by atoms with E-state index in [1.807, 2.05) is 0 Å². The first-order chi connectivity index (χ1) is 8.06. The van der Waals surface area contributed by atoms with E-state index >= 15 is 0 Å². The summed E-state index contributed by atoms with van der Waals surface area (Å²) in [5.74, 6) is -0.983. The monoisotopic (exact) mass is 241 g/mol. The Balaban J connectivity index is 2.73.